The molecule has 0 fully saturated rings. The molecular formula is C54H45NO. The van der Waals surface area contributed by atoms with Crippen molar-refractivity contribution in [3.8, 4) is 0 Å². The number of nitrogens with two attached hydrogens (primary N) is 1. The van der Waals surface area contributed by atoms with Crippen molar-refractivity contribution in [1.82, 2.24) is 0 Å². The summed E-state index contributed by atoms with van der Waals surface area (Å²) in [6.07, 6.45) is 26.2. The molecule has 272 valence electrons. The molecule has 0 aliphatic carbocycles. The molecule has 7 rings (SSSR count). The summed E-state index contributed by atoms with van der Waals surface area (Å²) in [7, 11) is 0. The van der Waals surface area contributed by atoms with Gasteiger partial charge in [0.05, 0.1) is 0 Å². The third-order valence-corrected chi connectivity index (χ3v) is 9.82. The minimum absolute atomic E-state index is 0.683. The first-order valence-electron chi connectivity index (χ1n) is 19.0. The number of benzene rings is 6. The van der Waals surface area contributed by atoms with Gasteiger partial charge in [0.1, 0.15) is 11.2 Å². The van der Waals surface area contributed by atoms with Crippen LogP contribution in [0.2, 0.25) is 0 Å². The minimum Gasteiger partial charge on any atom is -0.456 e. The molecule has 0 saturated carbocycles. The standard InChI is InChI=1S/C54H45NO/c1-3-5-8-23-47(43-21-11-7-12-22-43)38-42-27-30-46(31-28-42)51(55)36-34-44(29-26-40(4-2)17-13-14-20-41-18-9-6-10-19-41)48-33-32-45-35-37-53-54(50(45)39-48)49-24-15-16-25-52(49)56-53/h3-19,21-37,39H,1-2,20,38,55H2/b8-5-,14-13-,29-26-,40-17+,44-34+,47-23+,51-36-. The second-order valence-electron chi connectivity index (χ2n) is 13.6. The quantitative estimate of drug-likeness (QED) is 0.113. The van der Waals surface area contributed by atoms with Crippen molar-refractivity contribution in [2.45, 2.75) is 12.8 Å². The molecule has 0 aliphatic rings. The molecule has 2 N–H and O–H groups in total. The van der Waals surface area contributed by atoms with Crippen molar-refractivity contribution in [3.63, 3.8) is 0 Å². The fourth-order valence-electron chi connectivity index (χ4n) is 6.82. The van der Waals surface area contributed by atoms with Gasteiger partial charge in [-0.3, -0.25) is 0 Å². The molecule has 0 atom stereocenters. The maximum Gasteiger partial charge on any atom is 0.136 e. The molecule has 0 bridgehead atoms. The molecule has 2 nitrogen and oxygen atoms in total. The molecule has 0 aliphatic heterocycles. The summed E-state index contributed by atoms with van der Waals surface area (Å²) in [6.45, 7) is 7.90. The van der Waals surface area contributed by atoms with Crippen LogP contribution in [0.15, 0.2) is 236 Å². The van der Waals surface area contributed by atoms with E-state index >= 15 is 0 Å². The van der Waals surface area contributed by atoms with Crippen LogP contribution in [0, 0.1) is 0 Å². The zero-order valence-corrected chi connectivity index (χ0v) is 31.5. The van der Waals surface area contributed by atoms with Gasteiger partial charge in [-0.1, -0.05) is 201 Å². The van der Waals surface area contributed by atoms with Crippen molar-refractivity contribution in [3.05, 3.63) is 259 Å². The number of rotatable bonds is 14. The van der Waals surface area contributed by atoms with E-state index in [1.165, 1.54) is 22.3 Å². The zero-order valence-electron chi connectivity index (χ0n) is 31.5. The topological polar surface area (TPSA) is 39.2 Å². The molecule has 2 heteroatoms. The summed E-state index contributed by atoms with van der Waals surface area (Å²) in [5.74, 6) is 0. The smallest absolute Gasteiger partial charge is 0.136 e. The Morgan fingerprint density at radius 2 is 1.30 bits per heavy atom. The fraction of sp³-hybridized carbons (Fsp3) is 0.0370. The number of hydrogen-bond acceptors (Lipinski definition) is 2. The lowest BCUT2D eigenvalue weighted by Crippen LogP contribution is -1.97. The summed E-state index contributed by atoms with van der Waals surface area (Å²) in [4.78, 5) is 0. The van der Waals surface area contributed by atoms with Crippen molar-refractivity contribution < 1.29 is 4.42 Å². The minimum atomic E-state index is 0.683. The van der Waals surface area contributed by atoms with Crippen LogP contribution in [0.1, 0.15) is 27.8 Å². The second kappa shape index (κ2) is 18.2. The lowest BCUT2D eigenvalue weighted by molar-refractivity contribution is 0.669. The summed E-state index contributed by atoms with van der Waals surface area (Å²) >= 11 is 0. The number of hydrogen-bond donors (Lipinski definition) is 1. The van der Waals surface area contributed by atoms with Gasteiger partial charge in [0, 0.05) is 16.5 Å². The van der Waals surface area contributed by atoms with E-state index in [0.717, 1.165) is 67.8 Å². The highest BCUT2D eigenvalue weighted by Gasteiger charge is 2.11. The molecule has 0 spiro atoms. The van der Waals surface area contributed by atoms with Gasteiger partial charge in [-0.2, -0.15) is 0 Å². The highest BCUT2D eigenvalue weighted by Crippen LogP contribution is 2.36. The highest BCUT2D eigenvalue weighted by molar-refractivity contribution is 6.19. The third-order valence-electron chi connectivity index (χ3n) is 9.82. The Balaban J connectivity index is 1.21. The Labute approximate surface area is 330 Å². The van der Waals surface area contributed by atoms with Crippen LogP contribution in [0.4, 0.5) is 0 Å². The van der Waals surface area contributed by atoms with Gasteiger partial charge < -0.3 is 10.2 Å². The first-order valence-corrected chi connectivity index (χ1v) is 19.0. The largest absolute Gasteiger partial charge is 0.456 e. The van der Waals surface area contributed by atoms with Gasteiger partial charge in [0.2, 0.25) is 0 Å². The van der Waals surface area contributed by atoms with Gasteiger partial charge >= 0.3 is 0 Å². The Morgan fingerprint density at radius 3 is 2.09 bits per heavy atom. The fourth-order valence-corrected chi connectivity index (χ4v) is 6.82. The lowest BCUT2D eigenvalue weighted by Gasteiger charge is -2.09. The number of fused-ring (bicyclic) bond motifs is 5. The van der Waals surface area contributed by atoms with Crippen LogP contribution in [0.3, 0.4) is 0 Å². The van der Waals surface area contributed by atoms with Crippen LogP contribution >= 0.6 is 0 Å². The van der Waals surface area contributed by atoms with E-state index in [-0.39, 0.29) is 0 Å². The van der Waals surface area contributed by atoms with Gasteiger partial charge in [-0.05, 0) is 92.4 Å². The van der Waals surface area contributed by atoms with Gasteiger partial charge in [-0.25, -0.2) is 0 Å². The Hall–Kier alpha value is -7.16. The Kier molecular flexibility index (Phi) is 12.1. The summed E-state index contributed by atoms with van der Waals surface area (Å²) in [5, 5.41) is 4.53. The average Bonchev–Trinajstić information content (AvgIpc) is 3.64. The normalized spacial score (nSPS) is 13.2. The van der Waals surface area contributed by atoms with Crippen LogP contribution in [-0.2, 0) is 12.8 Å². The summed E-state index contributed by atoms with van der Waals surface area (Å²) < 4.78 is 6.24. The summed E-state index contributed by atoms with van der Waals surface area (Å²) in [5.41, 5.74) is 18.2. The van der Waals surface area contributed by atoms with Crippen LogP contribution in [0.25, 0.3) is 49.6 Å². The highest BCUT2D eigenvalue weighted by atomic mass is 16.3. The van der Waals surface area contributed by atoms with Crippen molar-refractivity contribution in [2.75, 3.05) is 0 Å². The Bertz CT molecular complexity index is 2690. The van der Waals surface area contributed by atoms with Crippen LogP contribution < -0.4 is 5.73 Å². The van der Waals surface area contributed by atoms with E-state index < -0.39 is 0 Å². The van der Waals surface area contributed by atoms with E-state index in [0.29, 0.717) is 5.70 Å². The predicted molar refractivity (Wildman–Crippen MR) is 242 cm³/mol. The molecule has 0 saturated heterocycles. The average molecular weight is 724 g/mol. The molecule has 0 unspecified atom stereocenters. The maximum atomic E-state index is 6.78. The van der Waals surface area contributed by atoms with E-state index in [9.17, 15) is 0 Å². The van der Waals surface area contributed by atoms with Crippen molar-refractivity contribution in [1.29, 1.82) is 0 Å². The molecule has 6 aromatic carbocycles. The van der Waals surface area contributed by atoms with Crippen LogP contribution in [0.5, 0.6) is 0 Å². The van der Waals surface area contributed by atoms with E-state index in [1.54, 1.807) is 6.08 Å². The molecule has 1 aromatic heterocycles. The SMILES string of the molecule is C=C/C=C\C=C(/Cc1ccc(/C(N)=C/C=C(\C=C/C(C=C)=C/C=C\Cc2ccccc2)c2ccc3ccc4oc5ccccc5c4c3c2)cc1)c1ccccc1. The summed E-state index contributed by atoms with van der Waals surface area (Å²) in [6, 6.07) is 48.5. The molecule has 0 amide bonds. The molecule has 0 radical (unpaired) electrons. The molecule has 7 aromatic rings. The number of furan rings is 1. The predicted octanol–water partition coefficient (Wildman–Crippen LogP) is 14.0. The number of allylic oxidation sites excluding steroid dienone is 15. The monoisotopic (exact) mass is 723 g/mol. The van der Waals surface area contributed by atoms with Gasteiger partial charge in [0.25, 0.3) is 0 Å². The van der Waals surface area contributed by atoms with Crippen LogP contribution in [-0.4, -0.2) is 0 Å². The lowest BCUT2D eigenvalue weighted by atomic mass is 9.96. The molecular weight excluding hydrogens is 679 g/mol. The van der Waals surface area contributed by atoms with E-state index in [4.69, 9.17) is 10.2 Å². The van der Waals surface area contributed by atoms with E-state index in [2.05, 4.69) is 171 Å². The van der Waals surface area contributed by atoms with Crippen molar-refractivity contribution in [2.24, 2.45) is 5.73 Å². The van der Waals surface area contributed by atoms with Gasteiger partial charge in [-0.15, -0.1) is 0 Å². The Morgan fingerprint density at radius 1 is 0.571 bits per heavy atom. The third kappa shape index (κ3) is 9.13. The first kappa shape index (κ1) is 37.2. The molecule has 56 heavy (non-hydrogen) atoms. The zero-order chi connectivity index (χ0) is 38.5. The molecule has 1 heterocycles. The first-order chi connectivity index (χ1) is 27.6. The maximum absolute atomic E-state index is 6.78. The second-order valence-corrected chi connectivity index (χ2v) is 13.6. The van der Waals surface area contributed by atoms with E-state index in [1.807, 2.05) is 48.6 Å². The number of para-hydroxylation sites is 1. The van der Waals surface area contributed by atoms with Gasteiger partial charge in [0.15, 0.2) is 0 Å². The van der Waals surface area contributed by atoms with Crippen molar-refractivity contribution >= 4 is 49.6 Å².